The van der Waals surface area contributed by atoms with Crippen molar-refractivity contribution in [1.29, 1.82) is 0 Å². The van der Waals surface area contributed by atoms with Crippen LogP contribution in [0.2, 0.25) is 0 Å². The fourth-order valence-corrected chi connectivity index (χ4v) is 2.59. The Hall–Kier alpha value is -1.13. The molecular formula is C11H15N3S. The highest BCUT2D eigenvalue weighted by molar-refractivity contribution is 7.08. The third-order valence-corrected chi connectivity index (χ3v) is 3.40. The van der Waals surface area contributed by atoms with Gasteiger partial charge in [-0.1, -0.05) is 0 Å². The van der Waals surface area contributed by atoms with Gasteiger partial charge in [-0.25, -0.2) is 0 Å². The van der Waals surface area contributed by atoms with E-state index in [0.29, 0.717) is 0 Å². The molecule has 1 atom stereocenters. The van der Waals surface area contributed by atoms with E-state index in [1.54, 1.807) is 11.3 Å². The molecule has 2 aromatic rings. The van der Waals surface area contributed by atoms with Crippen LogP contribution < -0.4 is 5.32 Å². The smallest absolute Gasteiger partial charge is 0.0839 e. The van der Waals surface area contributed by atoms with Crippen LogP contribution in [0.25, 0.3) is 0 Å². The molecule has 2 aromatic heterocycles. The highest BCUT2D eigenvalue weighted by Crippen LogP contribution is 2.25. The Labute approximate surface area is 93.7 Å². The first-order valence-corrected chi connectivity index (χ1v) is 5.86. The van der Waals surface area contributed by atoms with E-state index in [1.165, 1.54) is 11.1 Å². The van der Waals surface area contributed by atoms with Gasteiger partial charge in [0, 0.05) is 13.2 Å². The zero-order valence-corrected chi connectivity index (χ0v) is 10.0. The molecule has 0 radical (unpaired) electrons. The van der Waals surface area contributed by atoms with Crippen LogP contribution in [0, 0.1) is 6.92 Å². The Morgan fingerprint density at radius 1 is 1.47 bits per heavy atom. The first-order valence-electron chi connectivity index (χ1n) is 4.92. The minimum absolute atomic E-state index is 0.206. The van der Waals surface area contributed by atoms with Gasteiger partial charge in [-0.05, 0) is 41.9 Å². The molecule has 0 aliphatic carbocycles. The summed E-state index contributed by atoms with van der Waals surface area (Å²) in [7, 11) is 3.91. The lowest BCUT2D eigenvalue weighted by Crippen LogP contribution is -2.18. The second kappa shape index (κ2) is 4.16. The number of rotatable bonds is 3. The Kier molecular flexibility index (Phi) is 2.88. The molecule has 0 amide bonds. The number of hydrogen-bond acceptors (Lipinski definition) is 3. The Balaban J connectivity index is 2.36. The summed E-state index contributed by atoms with van der Waals surface area (Å²) in [5.41, 5.74) is 3.72. The summed E-state index contributed by atoms with van der Waals surface area (Å²) in [5, 5.41) is 12.1. The normalized spacial score (nSPS) is 13.0. The largest absolute Gasteiger partial charge is 0.308 e. The van der Waals surface area contributed by atoms with Crippen molar-refractivity contribution in [3.05, 3.63) is 39.8 Å². The number of nitrogens with one attached hydrogen (secondary N) is 1. The van der Waals surface area contributed by atoms with Crippen molar-refractivity contribution < 1.29 is 0 Å². The molecule has 4 heteroatoms. The van der Waals surface area contributed by atoms with Gasteiger partial charge < -0.3 is 5.32 Å². The molecule has 0 bridgehead atoms. The summed E-state index contributed by atoms with van der Waals surface area (Å²) < 4.78 is 1.83. The predicted molar refractivity (Wildman–Crippen MR) is 63.2 cm³/mol. The molecule has 2 heterocycles. The third-order valence-electron chi connectivity index (χ3n) is 2.52. The number of thiophene rings is 1. The molecule has 0 aromatic carbocycles. The first-order chi connectivity index (χ1) is 7.22. The van der Waals surface area contributed by atoms with E-state index >= 15 is 0 Å². The Morgan fingerprint density at radius 2 is 2.27 bits per heavy atom. The lowest BCUT2D eigenvalue weighted by Gasteiger charge is -2.13. The fourth-order valence-electron chi connectivity index (χ4n) is 1.72. The maximum absolute atomic E-state index is 4.44. The monoisotopic (exact) mass is 221 g/mol. The van der Waals surface area contributed by atoms with Crippen LogP contribution >= 0.6 is 11.3 Å². The highest BCUT2D eigenvalue weighted by atomic mass is 32.1. The Morgan fingerprint density at radius 3 is 2.73 bits per heavy atom. The van der Waals surface area contributed by atoms with Crippen LogP contribution in [0.1, 0.15) is 22.9 Å². The van der Waals surface area contributed by atoms with Crippen molar-refractivity contribution in [3.63, 3.8) is 0 Å². The van der Waals surface area contributed by atoms with Crippen LogP contribution in [0.5, 0.6) is 0 Å². The molecule has 80 valence electrons. The molecule has 0 saturated heterocycles. The van der Waals surface area contributed by atoms with Crippen molar-refractivity contribution in [2.75, 3.05) is 7.05 Å². The molecule has 1 N–H and O–H groups in total. The number of nitrogens with zero attached hydrogens (tertiary/aromatic N) is 2. The van der Waals surface area contributed by atoms with Crippen molar-refractivity contribution in [3.8, 4) is 0 Å². The molecule has 3 nitrogen and oxygen atoms in total. The van der Waals surface area contributed by atoms with Gasteiger partial charge in [0.15, 0.2) is 0 Å². The lowest BCUT2D eigenvalue weighted by atomic mass is 10.0. The fraction of sp³-hybridized carbons (Fsp3) is 0.364. The molecule has 15 heavy (non-hydrogen) atoms. The average Bonchev–Trinajstić information content (AvgIpc) is 2.79. The predicted octanol–water partition coefficient (Wildman–Crippen LogP) is 2.10. The summed E-state index contributed by atoms with van der Waals surface area (Å²) in [6, 6.07) is 2.26. The van der Waals surface area contributed by atoms with E-state index in [0.717, 1.165) is 5.69 Å². The quantitative estimate of drug-likeness (QED) is 0.860. The third kappa shape index (κ3) is 1.96. The second-order valence-electron chi connectivity index (χ2n) is 3.65. The van der Waals surface area contributed by atoms with Crippen molar-refractivity contribution in [2.24, 2.45) is 7.05 Å². The van der Waals surface area contributed by atoms with Gasteiger partial charge in [-0.2, -0.15) is 16.4 Å². The molecule has 0 saturated carbocycles. The maximum atomic E-state index is 4.44. The number of aryl methyl sites for hydroxylation is 2. The van der Waals surface area contributed by atoms with Crippen molar-refractivity contribution >= 4 is 11.3 Å². The molecule has 0 aliphatic rings. The van der Waals surface area contributed by atoms with Crippen LogP contribution in [0.4, 0.5) is 0 Å². The lowest BCUT2D eigenvalue weighted by molar-refractivity contribution is 0.641. The molecular weight excluding hydrogens is 206 g/mol. The molecule has 0 aliphatic heterocycles. The molecule has 0 fully saturated rings. The van der Waals surface area contributed by atoms with Crippen LogP contribution in [0.15, 0.2) is 23.0 Å². The highest BCUT2D eigenvalue weighted by Gasteiger charge is 2.16. The van der Waals surface area contributed by atoms with Gasteiger partial charge in [0.2, 0.25) is 0 Å². The van der Waals surface area contributed by atoms with Crippen LogP contribution in [-0.4, -0.2) is 16.8 Å². The number of aromatic nitrogens is 2. The van der Waals surface area contributed by atoms with Crippen LogP contribution in [-0.2, 0) is 7.05 Å². The summed E-state index contributed by atoms with van der Waals surface area (Å²) in [5.74, 6) is 0. The van der Waals surface area contributed by atoms with Crippen LogP contribution in [0.3, 0.4) is 0 Å². The standard InChI is InChI=1S/C11H15N3S/c1-8-6-15-7-9(8)11(12-2)10-4-5-14(3)13-10/h4-7,11-12H,1-3H3. The molecule has 1 unspecified atom stereocenters. The van der Waals surface area contributed by atoms with E-state index in [-0.39, 0.29) is 6.04 Å². The van der Waals surface area contributed by atoms with Gasteiger partial charge in [0.25, 0.3) is 0 Å². The molecule has 0 spiro atoms. The van der Waals surface area contributed by atoms with E-state index in [9.17, 15) is 0 Å². The average molecular weight is 221 g/mol. The van der Waals surface area contributed by atoms with E-state index in [4.69, 9.17) is 0 Å². The Bertz CT molecular complexity index is 444. The van der Waals surface area contributed by atoms with Gasteiger partial charge in [-0.15, -0.1) is 0 Å². The van der Waals surface area contributed by atoms with E-state index in [1.807, 2.05) is 25.0 Å². The molecule has 2 rings (SSSR count). The van der Waals surface area contributed by atoms with Gasteiger partial charge in [-0.3, -0.25) is 4.68 Å². The minimum atomic E-state index is 0.206. The van der Waals surface area contributed by atoms with Gasteiger partial charge >= 0.3 is 0 Å². The SMILES string of the molecule is CNC(c1ccn(C)n1)c1cscc1C. The van der Waals surface area contributed by atoms with Gasteiger partial charge in [0.05, 0.1) is 11.7 Å². The zero-order chi connectivity index (χ0) is 10.8. The van der Waals surface area contributed by atoms with Crippen molar-refractivity contribution in [1.82, 2.24) is 15.1 Å². The summed E-state index contributed by atoms with van der Waals surface area (Å²) in [4.78, 5) is 0. The van der Waals surface area contributed by atoms with Crippen molar-refractivity contribution in [2.45, 2.75) is 13.0 Å². The second-order valence-corrected chi connectivity index (χ2v) is 4.39. The topological polar surface area (TPSA) is 29.9 Å². The van der Waals surface area contributed by atoms with E-state index in [2.05, 4.69) is 34.2 Å². The first kappa shape index (κ1) is 10.4. The van der Waals surface area contributed by atoms with Gasteiger partial charge in [0.1, 0.15) is 0 Å². The summed E-state index contributed by atoms with van der Waals surface area (Å²) >= 11 is 1.74. The zero-order valence-electron chi connectivity index (χ0n) is 9.19. The number of hydrogen-bond donors (Lipinski definition) is 1. The van der Waals surface area contributed by atoms with E-state index < -0.39 is 0 Å². The minimum Gasteiger partial charge on any atom is -0.308 e. The summed E-state index contributed by atoms with van der Waals surface area (Å²) in [6.07, 6.45) is 1.97. The summed E-state index contributed by atoms with van der Waals surface area (Å²) in [6.45, 7) is 2.14. The maximum Gasteiger partial charge on any atom is 0.0839 e.